The quantitative estimate of drug-likeness (QED) is 0.521. The smallest absolute Gasteiger partial charge is 0.248 e. The van der Waals surface area contributed by atoms with Crippen LogP contribution in [0.2, 0.25) is 0 Å². The van der Waals surface area contributed by atoms with Crippen LogP contribution >= 0.6 is 0 Å². The molecular formula is C23H19N3O2. The lowest BCUT2D eigenvalue weighted by Gasteiger charge is -2.06. The Balaban J connectivity index is 1.43. The molecule has 0 unspecified atom stereocenters. The number of carbonyl (C=O) groups is 1. The fourth-order valence-electron chi connectivity index (χ4n) is 2.89. The lowest BCUT2D eigenvalue weighted by molar-refractivity contribution is -0.116. The van der Waals surface area contributed by atoms with Gasteiger partial charge < -0.3 is 9.73 Å². The average Bonchev–Trinajstić information content (AvgIpc) is 3.24. The van der Waals surface area contributed by atoms with E-state index in [0.29, 0.717) is 30.3 Å². The lowest BCUT2D eigenvalue weighted by Crippen LogP contribution is -2.12. The molecule has 0 bridgehead atoms. The van der Waals surface area contributed by atoms with E-state index < -0.39 is 0 Å². The Morgan fingerprint density at radius 1 is 0.786 bits per heavy atom. The van der Waals surface area contributed by atoms with Crippen LogP contribution in [0.3, 0.4) is 0 Å². The molecule has 0 fully saturated rings. The van der Waals surface area contributed by atoms with Crippen LogP contribution in [0.1, 0.15) is 12.0 Å². The number of anilines is 1. The van der Waals surface area contributed by atoms with Crippen molar-refractivity contribution in [2.75, 3.05) is 5.32 Å². The van der Waals surface area contributed by atoms with Crippen molar-refractivity contribution in [2.24, 2.45) is 0 Å². The normalized spacial score (nSPS) is 10.6. The van der Waals surface area contributed by atoms with Crippen LogP contribution in [-0.4, -0.2) is 16.1 Å². The van der Waals surface area contributed by atoms with Crippen LogP contribution in [0.4, 0.5) is 5.69 Å². The van der Waals surface area contributed by atoms with Crippen molar-refractivity contribution in [1.82, 2.24) is 10.2 Å². The molecule has 0 aliphatic rings. The molecule has 5 heteroatoms. The zero-order chi connectivity index (χ0) is 19.2. The maximum absolute atomic E-state index is 12.3. The maximum Gasteiger partial charge on any atom is 0.248 e. The van der Waals surface area contributed by atoms with Crippen LogP contribution in [0.5, 0.6) is 0 Å². The number of benzene rings is 3. The molecule has 0 atom stereocenters. The van der Waals surface area contributed by atoms with Crippen molar-refractivity contribution in [3.63, 3.8) is 0 Å². The van der Waals surface area contributed by atoms with Crippen molar-refractivity contribution < 1.29 is 9.21 Å². The number of carbonyl (C=O) groups excluding carboxylic acids is 1. The first kappa shape index (κ1) is 17.7. The second-order valence-corrected chi connectivity index (χ2v) is 6.39. The molecule has 5 nitrogen and oxygen atoms in total. The fourth-order valence-corrected chi connectivity index (χ4v) is 2.89. The third kappa shape index (κ3) is 4.32. The second kappa shape index (κ2) is 8.31. The largest absolute Gasteiger partial charge is 0.416 e. The van der Waals surface area contributed by atoms with Gasteiger partial charge in [-0.1, -0.05) is 54.6 Å². The van der Waals surface area contributed by atoms with Gasteiger partial charge in [0.1, 0.15) is 0 Å². The van der Waals surface area contributed by atoms with Gasteiger partial charge in [-0.2, -0.15) is 0 Å². The highest BCUT2D eigenvalue weighted by atomic mass is 16.4. The Hall–Kier alpha value is -3.73. The van der Waals surface area contributed by atoms with Crippen molar-refractivity contribution in [3.8, 4) is 22.9 Å². The van der Waals surface area contributed by atoms with E-state index in [1.807, 2.05) is 84.9 Å². The Kier molecular flexibility index (Phi) is 5.24. The summed E-state index contributed by atoms with van der Waals surface area (Å²) in [7, 11) is 0. The number of rotatable bonds is 6. The van der Waals surface area contributed by atoms with E-state index in [9.17, 15) is 4.79 Å². The van der Waals surface area contributed by atoms with Gasteiger partial charge in [-0.3, -0.25) is 4.79 Å². The number of hydrogen-bond acceptors (Lipinski definition) is 4. The number of amides is 1. The predicted molar refractivity (Wildman–Crippen MR) is 109 cm³/mol. The van der Waals surface area contributed by atoms with Gasteiger partial charge in [-0.15, -0.1) is 10.2 Å². The summed E-state index contributed by atoms with van der Waals surface area (Å²) in [5, 5.41) is 11.2. The van der Waals surface area contributed by atoms with E-state index >= 15 is 0 Å². The summed E-state index contributed by atoms with van der Waals surface area (Å²) in [5.41, 5.74) is 3.47. The molecule has 138 valence electrons. The minimum Gasteiger partial charge on any atom is -0.416 e. The molecule has 1 amide bonds. The van der Waals surface area contributed by atoms with Crippen LogP contribution < -0.4 is 5.32 Å². The van der Waals surface area contributed by atoms with E-state index in [0.717, 1.165) is 16.7 Å². The molecule has 0 radical (unpaired) electrons. The summed E-state index contributed by atoms with van der Waals surface area (Å²) < 4.78 is 5.79. The third-order valence-corrected chi connectivity index (χ3v) is 4.32. The van der Waals surface area contributed by atoms with E-state index in [1.54, 1.807) is 0 Å². The number of aromatic nitrogens is 2. The molecule has 0 saturated heterocycles. The van der Waals surface area contributed by atoms with E-state index in [2.05, 4.69) is 15.5 Å². The molecule has 0 aliphatic carbocycles. The number of hydrogen-bond donors (Lipinski definition) is 1. The highest BCUT2D eigenvalue weighted by Crippen LogP contribution is 2.25. The first-order chi connectivity index (χ1) is 13.8. The van der Waals surface area contributed by atoms with Crippen molar-refractivity contribution in [2.45, 2.75) is 12.8 Å². The highest BCUT2D eigenvalue weighted by Gasteiger charge is 2.11. The Labute approximate surface area is 163 Å². The highest BCUT2D eigenvalue weighted by molar-refractivity contribution is 5.91. The predicted octanol–water partition coefficient (Wildman–Crippen LogP) is 4.97. The first-order valence-electron chi connectivity index (χ1n) is 9.11. The summed E-state index contributed by atoms with van der Waals surface area (Å²) >= 11 is 0. The molecule has 1 N–H and O–H groups in total. The molecule has 28 heavy (non-hydrogen) atoms. The summed E-state index contributed by atoms with van der Waals surface area (Å²) in [4.78, 5) is 12.3. The molecule has 3 aromatic carbocycles. The fraction of sp³-hybridized carbons (Fsp3) is 0.0870. The molecule has 4 aromatic rings. The van der Waals surface area contributed by atoms with Crippen molar-refractivity contribution >= 4 is 11.6 Å². The van der Waals surface area contributed by atoms with Gasteiger partial charge in [-0.05, 0) is 42.3 Å². The standard InChI is InChI=1S/C23H19N3O2/c27-21(15-14-17-8-3-1-4-9-17)24-20-13-7-12-19(16-20)23-26-25-22(28-23)18-10-5-2-6-11-18/h1-13,16H,14-15H2,(H,24,27). The van der Waals surface area contributed by atoms with Gasteiger partial charge in [0.2, 0.25) is 17.7 Å². The van der Waals surface area contributed by atoms with E-state index in [4.69, 9.17) is 4.42 Å². The zero-order valence-electron chi connectivity index (χ0n) is 15.2. The molecule has 1 aromatic heterocycles. The van der Waals surface area contributed by atoms with Crippen LogP contribution in [0.15, 0.2) is 89.3 Å². The first-order valence-corrected chi connectivity index (χ1v) is 9.11. The van der Waals surface area contributed by atoms with Crippen molar-refractivity contribution in [3.05, 3.63) is 90.5 Å². The topological polar surface area (TPSA) is 68.0 Å². The molecule has 1 heterocycles. The minimum absolute atomic E-state index is 0.0310. The molecule has 0 saturated carbocycles. The zero-order valence-corrected chi connectivity index (χ0v) is 15.2. The lowest BCUT2D eigenvalue weighted by atomic mass is 10.1. The molecular weight excluding hydrogens is 350 g/mol. The average molecular weight is 369 g/mol. The van der Waals surface area contributed by atoms with Crippen LogP contribution in [0.25, 0.3) is 22.9 Å². The summed E-state index contributed by atoms with van der Waals surface area (Å²) in [6, 6.07) is 27.0. The van der Waals surface area contributed by atoms with Gasteiger partial charge >= 0.3 is 0 Å². The Morgan fingerprint density at radius 2 is 1.43 bits per heavy atom. The van der Waals surface area contributed by atoms with Crippen molar-refractivity contribution in [1.29, 1.82) is 0 Å². The third-order valence-electron chi connectivity index (χ3n) is 4.32. The molecule has 0 aliphatic heterocycles. The van der Waals surface area contributed by atoms with Gasteiger partial charge in [0.25, 0.3) is 0 Å². The molecule has 4 rings (SSSR count). The summed E-state index contributed by atoms with van der Waals surface area (Å²) in [6.45, 7) is 0. The number of nitrogens with zero attached hydrogens (tertiary/aromatic N) is 2. The van der Waals surface area contributed by atoms with E-state index in [-0.39, 0.29) is 5.91 Å². The molecule has 0 spiro atoms. The number of nitrogens with one attached hydrogen (secondary N) is 1. The van der Waals surface area contributed by atoms with Crippen LogP contribution in [-0.2, 0) is 11.2 Å². The monoisotopic (exact) mass is 369 g/mol. The van der Waals surface area contributed by atoms with Gasteiger partial charge in [-0.25, -0.2) is 0 Å². The van der Waals surface area contributed by atoms with Gasteiger partial charge in [0, 0.05) is 23.2 Å². The second-order valence-electron chi connectivity index (χ2n) is 6.39. The minimum atomic E-state index is -0.0310. The Morgan fingerprint density at radius 3 is 2.18 bits per heavy atom. The van der Waals surface area contributed by atoms with Crippen LogP contribution in [0, 0.1) is 0 Å². The van der Waals surface area contributed by atoms with E-state index in [1.165, 1.54) is 0 Å². The number of aryl methyl sites for hydroxylation is 1. The van der Waals surface area contributed by atoms with Gasteiger partial charge in [0.15, 0.2) is 0 Å². The maximum atomic E-state index is 12.3. The summed E-state index contributed by atoms with van der Waals surface area (Å²) in [6.07, 6.45) is 1.13. The van der Waals surface area contributed by atoms with Gasteiger partial charge in [0.05, 0.1) is 0 Å². The SMILES string of the molecule is O=C(CCc1ccccc1)Nc1cccc(-c2nnc(-c3ccccc3)o2)c1. The Bertz CT molecular complexity index is 1060. The summed E-state index contributed by atoms with van der Waals surface area (Å²) in [5.74, 6) is 0.851.